The molecule has 0 aromatic heterocycles. The van der Waals surface area contributed by atoms with Gasteiger partial charge in [-0.1, -0.05) is 23.7 Å². The van der Waals surface area contributed by atoms with Gasteiger partial charge in [-0.15, -0.1) is 0 Å². The SMILES string of the molecule is CC(=O)N1CCN(c2c(Cl)cccc2NC(=O)COc2cc(C)cc(C)c2)CC1. The Hall–Kier alpha value is -2.73. The van der Waals surface area contributed by atoms with E-state index in [1.165, 1.54) is 0 Å². The van der Waals surface area contributed by atoms with E-state index in [0.29, 0.717) is 42.6 Å². The molecule has 3 rings (SSSR count). The molecule has 0 bridgehead atoms. The van der Waals surface area contributed by atoms with E-state index in [1.807, 2.05) is 36.9 Å². The van der Waals surface area contributed by atoms with Crippen molar-refractivity contribution in [1.82, 2.24) is 4.90 Å². The minimum atomic E-state index is -0.255. The molecule has 0 radical (unpaired) electrons. The molecule has 2 aromatic carbocycles. The second-order valence-corrected chi connectivity index (χ2v) is 7.70. The number of carbonyl (C=O) groups is 2. The number of ether oxygens (including phenoxy) is 1. The summed E-state index contributed by atoms with van der Waals surface area (Å²) >= 11 is 6.45. The van der Waals surface area contributed by atoms with Crippen LogP contribution in [0.3, 0.4) is 0 Å². The minimum Gasteiger partial charge on any atom is -0.484 e. The Morgan fingerprint density at radius 3 is 2.34 bits per heavy atom. The quantitative estimate of drug-likeness (QED) is 0.809. The molecule has 1 aliphatic rings. The zero-order chi connectivity index (χ0) is 21.0. The lowest BCUT2D eigenvalue weighted by atomic mass is 10.1. The number of benzene rings is 2. The maximum Gasteiger partial charge on any atom is 0.262 e. The van der Waals surface area contributed by atoms with Crippen LogP contribution in [0.2, 0.25) is 5.02 Å². The molecule has 7 heteroatoms. The van der Waals surface area contributed by atoms with Crippen LogP contribution >= 0.6 is 11.6 Å². The van der Waals surface area contributed by atoms with Crippen molar-refractivity contribution >= 4 is 34.8 Å². The molecule has 0 unspecified atom stereocenters. The predicted octanol–water partition coefficient (Wildman–Crippen LogP) is 3.64. The van der Waals surface area contributed by atoms with E-state index in [2.05, 4.69) is 16.3 Å². The van der Waals surface area contributed by atoms with Gasteiger partial charge in [-0.25, -0.2) is 0 Å². The summed E-state index contributed by atoms with van der Waals surface area (Å²) in [6.45, 7) is 8.04. The van der Waals surface area contributed by atoms with Crippen LogP contribution in [-0.2, 0) is 9.59 Å². The highest BCUT2D eigenvalue weighted by atomic mass is 35.5. The summed E-state index contributed by atoms with van der Waals surface area (Å²) in [4.78, 5) is 28.0. The van der Waals surface area contributed by atoms with Gasteiger partial charge in [0.25, 0.3) is 5.91 Å². The van der Waals surface area contributed by atoms with E-state index >= 15 is 0 Å². The van der Waals surface area contributed by atoms with E-state index in [4.69, 9.17) is 16.3 Å². The third-order valence-electron chi connectivity index (χ3n) is 4.87. The molecule has 1 fully saturated rings. The molecule has 0 aliphatic carbocycles. The molecular formula is C22H26ClN3O3. The third kappa shape index (κ3) is 5.41. The van der Waals surface area contributed by atoms with Crippen LogP contribution in [0.4, 0.5) is 11.4 Å². The molecule has 6 nitrogen and oxygen atoms in total. The number of hydrogen-bond acceptors (Lipinski definition) is 4. The molecule has 154 valence electrons. The van der Waals surface area contributed by atoms with Gasteiger partial charge in [0.2, 0.25) is 5.91 Å². The van der Waals surface area contributed by atoms with Gasteiger partial charge < -0.3 is 19.9 Å². The second kappa shape index (κ2) is 9.18. The summed E-state index contributed by atoms with van der Waals surface area (Å²) in [6.07, 6.45) is 0. The fraction of sp³-hybridized carbons (Fsp3) is 0.364. The van der Waals surface area contributed by atoms with Crippen molar-refractivity contribution in [2.45, 2.75) is 20.8 Å². The Kier molecular flexibility index (Phi) is 6.64. The molecule has 2 aromatic rings. The van der Waals surface area contributed by atoms with Crippen LogP contribution in [0.1, 0.15) is 18.1 Å². The lowest BCUT2D eigenvalue weighted by Crippen LogP contribution is -2.48. The van der Waals surface area contributed by atoms with Gasteiger partial charge in [-0.05, 0) is 49.2 Å². The topological polar surface area (TPSA) is 61.9 Å². The Morgan fingerprint density at radius 2 is 1.72 bits per heavy atom. The van der Waals surface area contributed by atoms with Crippen LogP contribution in [0, 0.1) is 13.8 Å². The first-order valence-electron chi connectivity index (χ1n) is 9.63. The molecule has 0 spiro atoms. The van der Waals surface area contributed by atoms with E-state index in [-0.39, 0.29) is 18.4 Å². The standard InChI is InChI=1S/C22H26ClN3O3/c1-15-11-16(2)13-18(12-15)29-14-21(28)24-20-6-4-5-19(23)22(20)26-9-7-25(8-10-26)17(3)27/h4-6,11-13H,7-10,14H2,1-3H3,(H,24,28). The zero-order valence-electron chi connectivity index (χ0n) is 17.0. The van der Waals surface area contributed by atoms with E-state index in [9.17, 15) is 9.59 Å². The van der Waals surface area contributed by atoms with Gasteiger partial charge in [-0.2, -0.15) is 0 Å². The number of aryl methyl sites for hydroxylation is 2. The summed E-state index contributed by atoms with van der Waals surface area (Å²) in [5, 5.41) is 3.48. The van der Waals surface area contributed by atoms with Gasteiger partial charge in [0, 0.05) is 33.1 Å². The molecule has 0 saturated carbocycles. The van der Waals surface area contributed by atoms with Gasteiger partial charge in [0.15, 0.2) is 6.61 Å². The van der Waals surface area contributed by atoms with Crippen LogP contribution in [0.25, 0.3) is 0 Å². The molecular weight excluding hydrogens is 390 g/mol. The number of rotatable bonds is 5. The van der Waals surface area contributed by atoms with Gasteiger partial charge in [0.1, 0.15) is 5.75 Å². The summed E-state index contributed by atoms with van der Waals surface area (Å²) in [7, 11) is 0. The molecule has 1 N–H and O–H groups in total. The molecule has 2 amide bonds. The number of halogens is 1. The van der Waals surface area contributed by atoms with Gasteiger partial charge in [0.05, 0.1) is 16.4 Å². The summed E-state index contributed by atoms with van der Waals surface area (Å²) < 4.78 is 5.65. The number of anilines is 2. The first-order chi connectivity index (χ1) is 13.8. The number of amides is 2. The van der Waals surface area contributed by atoms with Crippen LogP contribution in [-0.4, -0.2) is 49.5 Å². The van der Waals surface area contributed by atoms with Crippen molar-refractivity contribution in [2.75, 3.05) is 43.0 Å². The lowest BCUT2D eigenvalue weighted by Gasteiger charge is -2.36. The Balaban J connectivity index is 1.67. The Labute approximate surface area is 176 Å². The fourth-order valence-electron chi connectivity index (χ4n) is 3.53. The van der Waals surface area contributed by atoms with Crippen LogP contribution in [0.15, 0.2) is 36.4 Å². The normalized spacial score (nSPS) is 13.9. The minimum absolute atomic E-state index is 0.0702. The maximum atomic E-state index is 12.5. The van der Waals surface area contributed by atoms with Crippen molar-refractivity contribution in [1.29, 1.82) is 0 Å². The Morgan fingerprint density at radius 1 is 1.07 bits per heavy atom. The van der Waals surface area contributed by atoms with Crippen molar-refractivity contribution in [3.63, 3.8) is 0 Å². The highest BCUT2D eigenvalue weighted by Gasteiger charge is 2.23. The number of piperazine rings is 1. The summed E-state index contributed by atoms with van der Waals surface area (Å²) in [6, 6.07) is 11.3. The van der Waals surface area contributed by atoms with Crippen molar-refractivity contribution in [3.8, 4) is 5.75 Å². The van der Waals surface area contributed by atoms with Crippen LogP contribution < -0.4 is 15.0 Å². The number of hydrogen-bond donors (Lipinski definition) is 1. The average Bonchev–Trinajstić information content (AvgIpc) is 2.66. The number of carbonyl (C=O) groups excluding carboxylic acids is 2. The molecule has 1 saturated heterocycles. The highest BCUT2D eigenvalue weighted by molar-refractivity contribution is 6.34. The van der Waals surface area contributed by atoms with Gasteiger partial charge in [-0.3, -0.25) is 9.59 Å². The van der Waals surface area contributed by atoms with Crippen molar-refractivity contribution < 1.29 is 14.3 Å². The van der Waals surface area contributed by atoms with E-state index < -0.39 is 0 Å². The van der Waals surface area contributed by atoms with E-state index in [1.54, 1.807) is 19.1 Å². The van der Waals surface area contributed by atoms with Crippen LogP contribution in [0.5, 0.6) is 5.75 Å². The third-order valence-corrected chi connectivity index (χ3v) is 5.17. The Bertz CT molecular complexity index is 888. The average molecular weight is 416 g/mol. The predicted molar refractivity (Wildman–Crippen MR) is 116 cm³/mol. The number of nitrogens with one attached hydrogen (secondary N) is 1. The molecule has 1 aliphatic heterocycles. The lowest BCUT2D eigenvalue weighted by molar-refractivity contribution is -0.129. The van der Waals surface area contributed by atoms with Crippen molar-refractivity contribution in [2.24, 2.45) is 0 Å². The fourth-order valence-corrected chi connectivity index (χ4v) is 3.83. The monoisotopic (exact) mass is 415 g/mol. The zero-order valence-corrected chi connectivity index (χ0v) is 17.8. The first-order valence-corrected chi connectivity index (χ1v) is 10.0. The van der Waals surface area contributed by atoms with E-state index in [0.717, 1.165) is 16.8 Å². The molecule has 29 heavy (non-hydrogen) atoms. The summed E-state index contributed by atoms with van der Waals surface area (Å²) in [5.74, 6) is 0.486. The smallest absolute Gasteiger partial charge is 0.262 e. The van der Waals surface area contributed by atoms with Gasteiger partial charge >= 0.3 is 0 Å². The largest absolute Gasteiger partial charge is 0.484 e. The second-order valence-electron chi connectivity index (χ2n) is 7.29. The number of nitrogens with zero attached hydrogens (tertiary/aromatic N) is 2. The molecule has 0 atom stereocenters. The summed E-state index contributed by atoms with van der Waals surface area (Å²) in [5.41, 5.74) is 3.59. The first kappa shape index (κ1) is 21.0. The molecule has 1 heterocycles. The maximum absolute atomic E-state index is 12.5. The number of para-hydroxylation sites is 1. The van der Waals surface area contributed by atoms with Crippen molar-refractivity contribution in [3.05, 3.63) is 52.5 Å². The highest BCUT2D eigenvalue weighted by Crippen LogP contribution is 2.34.